The minimum absolute atomic E-state index is 0.793. The van der Waals surface area contributed by atoms with E-state index in [1.54, 1.807) is 6.20 Å². The summed E-state index contributed by atoms with van der Waals surface area (Å²) in [6, 6.07) is 3.71. The first-order chi connectivity index (χ1) is 7.38. The van der Waals surface area contributed by atoms with Crippen molar-refractivity contribution in [1.29, 1.82) is 0 Å². The highest BCUT2D eigenvalue weighted by Gasteiger charge is 2.00. The molecule has 2 heterocycles. The molecule has 2 rings (SSSR count). The SMILES string of the molecule is CNc1cc(Sc2ccncn2)ncn1. The summed E-state index contributed by atoms with van der Waals surface area (Å²) in [6.07, 6.45) is 4.74. The van der Waals surface area contributed by atoms with Gasteiger partial charge in [0, 0.05) is 19.3 Å². The summed E-state index contributed by atoms with van der Waals surface area (Å²) < 4.78 is 0. The Labute approximate surface area is 91.4 Å². The molecule has 0 atom stereocenters. The van der Waals surface area contributed by atoms with Crippen LogP contribution in [0.4, 0.5) is 5.82 Å². The largest absolute Gasteiger partial charge is 0.373 e. The van der Waals surface area contributed by atoms with Gasteiger partial charge in [-0.3, -0.25) is 0 Å². The fourth-order valence-electron chi connectivity index (χ4n) is 0.978. The zero-order valence-electron chi connectivity index (χ0n) is 8.08. The predicted octanol–water partition coefficient (Wildman–Crippen LogP) is 1.46. The molecule has 1 N–H and O–H groups in total. The average Bonchev–Trinajstić information content (AvgIpc) is 2.31. The molecule has 2 aromatic rings. The van der Waals surface area contributed by atoms with Gasteiger partial charge >= 0.3 is 0 Å². The molecule has 0 aliphatic rings. The molecule has 0 fully saturated rings. The van der Waals surface area contributed by atoms with Gasteiger partial charge in [0.2, 0.25) is 0 Å². The lowest BCUT2D eigenvalue weighted by Gasteiger charge is -2.01. The smallest absolute Gasteiger partial charge is 0.130 e. The zero-order valence-corrected chi connectivity index (χ0v) is 8.90. The molecule has 0 unspecified atom stereocenters. The number of nitrogens with zero attached hydrogens (tertiary/aromatic N) is 4. The molecule has 76 valence electrons. The summed E-state index contributed by atoms with van der Waals surface area (Å²) in [6.45, 7) is 0. The van der Waals surface area contributed by atoms with Crippen LogP contribution in [0, 0.1) is 0 Å². The lowest BCUT2D eigenvalue weighted by molar-refractivity contribution is 1.02. The van der Waals surface area contributed by atoms with Crippen molar-refractivity contribution in [2.24, 2.45) is 0 Å². The van der Waals surface area contributed by atoms with E-state index in [0.717, 1.165) is 15.9 Å². The van der Waals surface area contributed by atoms with E-state index in [9.17, 15) is 0 Å². The van der Waals surface area contributed by atoms with Gasteiger partial charge in [-0.15, -0.1) is 0 Å². The third-order valence-corrected chi connectivity index (χ3v) is 2.55. The van der Waals surface area contributed by atoms with Crippen molar-refractivity contribution < 1.29 is 0 Å². The number of aromatic nitrogens is 4. The van der Waals surface area contributed by atoms with Crippen LogP contribution in [0.5, 0.6) is 0 Å². The molecule has 6 heteroatoms. The van der Waals surface area contributed by atoms with Crippen LogP contribution in [0.2, 0.25) is 0 Å². The van der Waals surface area contributed by atoms with Crippen molar-refractivity contribution in [2.75, 3.05) is 12.4 Å². The molecule has 0 radical (unpaired) electrons. The van der Waals surface area contributed by atoms with Gasteiger partial charge in [-0.2, -0.15) is 0 Å². The molecule has 0 bridgehead atoms. The molecule has 0 aliphatic carbocycles. The van der Waals surface area contributed by atoms with Crippen LogP contribution in [0.25, 0.3) is 0 Å². The Morgan fingerprint density at radius 1 is 1.13 bits per heavy atom. The monoisotopic (exact) mass is 219 g/mol. The van der Waals surface area contributed by atoms with Crippen LogP contribution in [-0.2, 0) is 0 Å². The minimum Gasteiger partial charge on any atom is -0.373 e. The minimum atomic E-state index is 0.793. The van der Waals surface area contributed by atoms with Crippen molar-refractivity contribution in [1.82, 2.24) is 19.9 Å². The van der Waals surface area contributed by atoms with E-state index < -0.39 is 0 Å². The second-order valence-corrected chi connectivity index (χ2v) is 3.68. The molecule has 5 nitrogen and oxygen atoms in total. The second kappa shape index (κ2) is 4.70. The topological polar surface area (TPSA) is 63.6 Å². The van der Waals surface area contributed by atoms with E-state index in [4.69, 9.17) is 0 Å². The van der Waals surface area contributed by atoms with Crippen LogP contribution >= 0.6 is 11.8 Å². The van der Waals surface area contributed by atoms with Crippen LogP contribution in [0.1, 0.15) is 0 Å². The average molecular weight is 219 g/mol. The lowest BCUT2D eigenvalue weighted by atomic mass is 10.6. The standard InChI is InChI=1S/C9H9N5S/c1-10-7-4-9(14-6-12-7)15-8-2-3-11-5-13-8/h2-6H,1H3,(H,10,12,14). The van der Waals surface area contributed by atoms with Crippen molar-refractivity contribution >= 4 is 17.6 Å². The summed E-state index contributed by atoms with van der Waals surface area (Å²) in [5.41, 5.74) is 0. The van der Waals surface area contributed by atoms with Gasteiger partial charge in [-0.25, -0.2) is 19.9 Å². The predicted molar refractivity (Wildman–Crippen MR) is 57.7 cm³/mol. The summed E-state index contributed by atoms with van der Waals surface area (Å²) in [5.74, 6) is 0.793. The number of hydrogen-bond acceptors (Lipinski definition) is 6. The first-order valence-corrected chi connectivity index (χ1v) is 5.14. The first-order valence-electron chi connectivity index (χ1n) is 4.32. The van der Waals surface area contributed by atoms with Crippen LogP contribution < -0.4 is 5.32 Å². The maximum absolute atomic E-state index is 4.13. The maximum atomic E-state index is 4.13. The maximum Gasteiger partial charge on any atom is 0.130 e. The van der Waals surface area contributed by atoms with Crippen LogP contribution in [0.3, 0.4) is 0 Å². The highest BCUT2D eigenvalue weighted by molar-refractivity contribution is 7.99. The summed E-state index contributed by atoms with van der Waals surface area (Å²) >= 11 is 1.47. The Kier molecular flexibility index (Phi) is 3.08. The van der Waals surface area contributed by atoms with Crippen molar-refractivity contribution in [3.63, 3.8) is 0 Å². The van der Waals surface area contributed by atoms with Gasteiger partial charge in [0.15, 0.2) is 0 Å². The molecular formula is C9H9N5S. The van der Waals surface area contributed by atoms with Gasteiger partial charge in [0.1, 0.15) is 28.5 Å². The van der Waals surface area contributed by atoms with Gasteiger partial charge in [0.25, 0.3) is 0 Å². The fraction of sp³-hybridized carbons (Fsp3) is 0.111. The van der Waals surface area contributed by atoms with Crippen molar-refractivity contribution in [3.8, 4) is 0 Å². The highest BCUT2D eigenvalue weighted by Crippen LogP contribution is 2.23. The Hall–Kier alpha value is -1.69. The Bertz CT molecular complexity index is 434. The normalized spacial score (nSPS) is 9.93. The number of anilines is 1. The Balaban J connectivity index is 2.17. The molecule has 15 heavy (non-hydrogen) atoms. The molecule has 2 aromatic heterocycles. The van der Waals surface area contributed by atoms with E-state index in [0.29, 0.717) is 0 Å². The Morgan fingerprint density at radius 3 is 2.73 bits per heavy atom. The fourth-order valence-corrected chi connectivity index (χ4v) is 1.69. The molecule has 0 spiro atoms. The third-order valence-electron chi connectivity index (χ3n) is 1.66. The molecule has 0 amide bonds. The first kappa shape index (κ1) is 9.85. The molecular weight excluding hydrogens is 210 g/mol. The van der Waals surface area contributed by atoms with Gasteiger partial charge in [0.05, 0.1) is 0 Å². The van der Waals surface area contributed by atoms with E-state index in [-0.39, 0.29) is 0 Å². The number of rotatable bonds is 3. The lowest BCUT2D eigenvalue weighted by Crippen LogP contribution is -1.93. The Morgan fingerprint density at radius 2 is 2.00 bits per heavy atom. The van der Waals surface area contributed by atoms with Crippen molar-refractivity contribution in [3.05, 3.63) is 31.0 Å². The highest BCUT2D eigenvalue weighted by atomic mass is 32.2. The summed E-state index contributed by atoms with van der Waals surface area (Å²) in [5, 5.41) is 4.68. The number of nitrogens with one attached hydrogen (secondary N) is 1. The second-order valence-electron chi connectivity index (χ2n) is 2.64. The van der Waals surface area contributed by atoms with Gasteiger partial charge < -0.3 is 5.32 Å². The quantitative estimate of drug-likeness (QED) is 0.788. The van der Waals surface area contributed by atoms with Crippen LogP contribution in [-0.4, -0.2) is 27.0 Å². The van der Waals surface area contributed by atoms with Crippen molar-refractivity contribution in [2.45, 2.75) is 10.1 Å². The van der Waals surface area contributed by atoms with Crippen LogP contribution in [0.15, 0.2) is 41.0 Å². The van der Waals surface area contributed by atoms with Gasteiger partial charge in [-0.05, 0) is 17.8 Å². The molecule has 0 aliphatic heterocycles. The zero-order chi connectivity index (χ0) is 10.5. The summed E-state index contributed by atoms with van der Waals surface area (Å²) in [7, 11) is 1.82. The van der Waals surface area contributed by atoms with Gasteiger partial charge in [-0.1, -0.05) is 0 Å². The summed E-state index contributed by atoms with van der Waals surface area (Å²) in [4.78, 5) is 16.1. The van der Waals surface area contributed by atoms with E-state index >= 15 is 0 Å². The molecule has 0 saturated heterocycles. The van der Waals surface area contributed by atoms with E-state index in [1.807, 2.05) is 19.2 Å². The number of hydrogen-bond donors (Lipinski definition) is 1. The molecule has 0 aromatic carbocycles. The third kappa shape index (κ3) is 2.63. The van der Waals surface area contributed by atoms with E-state index in [2.05, 4.69) is 25.3 Å². The van der Waals surface area contributed by atoms with E-state index in [1.165, 1.54) is 24.4 Å². The molecule has 0 saturated carbocycles.